The van der Waals surface area contributed by atoms with Crippen molar-refractivity contribution in [3.8, 4) is 5.69 Å². The highest BCUT2D eigenvalue weighted by Gasteiger charge is 2.30. The van der Waals surface area contributed by atoms with E-state index in [-0.39, 0.29) is 31.2 Å². The lowest BCUT2D eigenvalue weighted by molar-refractivity contribution is 0.384. The summed E-state index contributed by atoms with van der Waals surface area (Å²) in [4.78, 5) is 14.0. The minimum atomic E-state index is -4.06. The Labute approximate surface area is 182 Å². The number of anilines is 1. The van der Waals surface area contributed by atoms with Crippen molar-refractivity contribution in [3.05, 3.63) is 81.7 Å². The van der Waals surface area contributed by atoms with Crippen molar-refractivity contribution >= 4 is 27.3 Å². The summed E-state index contributed by atoms with van der Waals surface area (Å²) >= 11 is 6.31. The second-order valence-corrected chi connectivity index (χ2v) is 9.21. The van der Waals surface area contributed by atoms with Crippen LogP contribution in [0.5, 0.6) is 0 Å². The molecule has 0 N–H and O–H groups in total. The highest BCUT2D eigenvalue weighted by atomic mass is 35.5. The molecular weight excluding hydrogens is 450 g/mol. The molecule has 0 saturated carbocycles. The van der Waals surface area contributed by atoms with Crippen LogP contribution in [-0.4, -0.2) is 48.7 Å². The Morgan fingerprint density at radius 3 is 2.16 bits per heavy atom. The standard InChI is InChI=1S/C20H17ClF2N4O3S/c21-19-18(13-24-27(20(19)28)16-4-2-1-3-5-16)25-6-8-26(9-7-25)31(29,30)17-11-14(22)10-15(23)12-17/h1-5,10-13H,6-9H2. The number of sulfonamides is 1. The van der Waals surface area contributed by atoms with Crippen molar-refractivity contribution < 1.29 is 17.2 Å². The van der Waals surface area contributed by atoms with Gasteiger partial charge in [-0.2, -0.15) is 14.1 Å². The van der Waals surface area contributed by atoms with Gasteiger partial charge >= 0.3 is 0 Å². The normalized spacial score (nSPS) is 15.3. The van der Waals surface area contributed by atoms with E-state index in [9.17, 15) is 22.0 Å². The van der Waals surface area contributed by atoms with Crippen LogP contribution >= 0.6 is 11.6 Å². The number of piperazine rings is 1. The summed E-state index contributed by atoms with van der Waals surface area (Å²) in [6.07, 6.45) is 1.46. The van der Waals surface area contributed by atoms with E-state index in [0.717, 1.165) is 16.4 Å². The number of rotatable bonds is 4. The number of nitrogens with zero attached hydrogens (tertiary/aromatic N) is 4. The number of para-hydroxylation sites is 1. The molecule has 31 heavy (non-hydrogen) atoms. The molecule has 1 aromatic heterocycles. The lowest BCUT2D eigenvalue weighted by Gasteiger charge is -2.35. The third-order valence-electron chi connectivity index (χ3n) is 4.95. The topological polar surface area (TPSA) is 75.5 Å². The van der Waals surface area contributed by atoms with Crippen LogP contribution in [0.15, 0.2) is 64.4 Å². The predicted molar refractivity (Wildman–Crippen MR) is 112 cm³/mol. The van der Waals surface area contributed by atoms with E-state index in [0.29, 0.717) is 17.4 Å². The molecule has 0 amide bonds. The molecule has 11 heteroatoms. The van der Waals surface area contributed by atoms with Gasteiger partial charge in [0, 0.05) is 32.2 Å². The number of hydrogen-bond donors (Lipinski definition) is 0. The van der Waals surface area contributed by atoms with Crippen molar-refractivity contribution in [2.45, 2.75) is 4.90 Å². The zero-order valence-corrected chi connectivity index (χ0v) is 17.7. The molecule has 1 aliphatic heterocycles. The van der Waals surface area contributed by atoms with Gasteiger partial charge in [0.25, 0.3) is 5.56 Å². The quantitative estimate of drug-likeness (QED) is 0.591. The van der Waals surface area contributed by atoms with Crippen LogP contribution in [-0.2, 0) is 10.0 Å². The summed E-state index contributed by atoms with van der Waals surface area (Å²) in [7, 11) is -4.06. The lowest BCUT2D eigenvalue weighted by atomic mass is 10.3. The average molecular weight is 467 g/mol. The van der Waals surface area contributed by atoms with Gasteiger partial charge in [0.2, 0.25) is 10.0 Å². The van der Waals surface area contributed by atoms with E-state index < -0.39 is 32.1 Å². The SMILES string of the molecule is O=c1c(Cl)c(N2CCN(S(=O)(=O)c3cc(F)cc(F)c3)CC2)cnn1-c1ccccc1. The number of hydrogen-bond acceptors (Lipinski definition) is 5. The monoisotopic (exact) mass is 466 g/mol. The fourth-order valence-electron chi connectivity index (χ4n) is 3.39. The first-order chi connectivity index (χ1) is 14.8. The Morgan fingerprint density at radius 1 is 0.935 bits per heavy atom. The third-order valence-corrected chi connectivity index (χ3v) is 7.19. The molecular formula is C20H17ClF2N4O3S. The fraction of sp³-hybridized carbons (Fsp3) is 0.200. The van der Waals surface area contributed by atoms with Gasteiger partial charge in [-0.25, -0.2) is 17.2 Å². The molecule has 3 aromatic rings. The Bertz CT molecular complexity index is 1260. The number of halogens is 3. The first kappa shape index (κ1) is 21.4. The van der Waals surface area contributed by atoms with E-state index >= 15 is 0 Å². The van der Waals surface area contributed by atoms with Crippen LogP contribution in [0.1, 0.15) is 0 Å². The largest absolute Gasteiger partial charge is 0.366 e. The van der Waals surface area contributed by atoms with Gasteiger partial charge in [-0.05, 0) is 24.3 Å². The molecule has 0 aliphatic carbocycles. The molecule has 7 nitrogen and oxygen atoms in total. The van der Waals surface area contributed by atoms with Crippen molar-refractivity contribution in [1.82, 2.24) is 14.1 Å². The molecule has 1 aliphatic rings. The molecule has 2 heterocycles. The summed E-state index contributed by atoms with van der Waals surface area (Å²) in [5.74, 6) is -1.93. The molecule has 0 unspecified atom stereocenters. The average Bonchev–Trinajstić information content (AvgIpc) is 2.76. The molecule has 1 fully saturated rings. The van der Waals surface area contributed by atoms with E-state index in [1.54, 1.807) is 29.2 Å². The summed E-state index contributed by atoms with van der Waals surface area (Å²) in [6, 6.07) is 11.0. The minimum absolute atomic E-state index is 0.0256. The second-order valence-electron chi connectivity index (χ2n) is 6.89. The lowest BCUT2D eigenvalue weighted by Crippen LogP contribution is -2.49. The van der Waals surface area contributed by atoms with Crippen molar-refractivity contribution in [2.24, 2.45) is 0 Å². The Balaban J connectivity index is 1.54. The van der Waals surface area contributed by atoms with Crippen LogP contribution in [0.3, 0.4) is 0 Å². The maximum absolute atomic E-state index is 13.5. The van der Waals surface area contributed by atoms with Gasteiger partial charge < -0.3 is 4.90 Å². The van der Waals surface area contributed by atoms with Gasteiger partial charge in [-0.15, -0.1) is 0 Å². The Kier molecular flexibility index (Phi) is 5.78. The molecule has 1 saturated heterocycles. The van der Waals surface area contributed by atoms with Crippen LogP contribution in [0.2, 0.25) is 5.02 Å². The Morgan fingerprint density at radius 2 is 1.55 bits per heavy atom. The van der Waals surface area contributed by atoms with Gasteiger partial charge in [0.1, 0.15) is 16.7 Å². The van der Waals surface area contributed by atoms with Gasteiger partial charge in [0.15, 0.2) is 0 Å². The second kappa shape index (κ2) is 8.37. The van der Waals surface area contributed by atoms with E-state index in [4.69, 9.17) is 11.6 Å². The maximum atomic E-state index is 13.5. The van der Waals surface area contributed by atoms with Crippen LogP contribution in [0.25, 0.3) is 5.69 Å². The molecule has 0 bridgehead atoms. The molecule has 2 aromatic carbocycles. The molecule has 0 atom stereocenters. The van der Waals surface area contributed by atoms with Gasteiger partial charge in [0.05, 0.1) is 22.5 Å². The number of benzene rings is 2. The van der Waals surface area contributed by atoms with E-state index in [1.807, 2.05) is 6.07 Å². The Hall–Kier alpha value is -2.82. The highest BCUT2D eigenvalue weighted by molar-refractivity contribution is 7.89. The minimum Gasteiger partial charge on any atom is -0.366 e. The van der Waals surface area contributed by atoms with Gasteiger partial charge in [-0.1, -0.05) is 29.8 Å². The van der Waals surface area contributed by atoms with Gasteiger partial charge in [-0.3, -0.25) is 4.79 Å². The van der Waals surface area contributed by atoms with Crippen molar-refractivity contribution in [2.75, 3.05) is 31.1 Å². The molecule has 162 valence electrons. The summed E-state index contributed by atoms with van der Waals surface area (Å²) < 4.78 is 54.7. The van der Waals surface area contributed by atoms with Crippen LogP contribution in [0.4, 0.5) is 14.5 Å². The summed E-state index contributed by atoms with van der Waals surface area (Å²) in [5.41, 5.74) is 0.475. The first-order valence-corrected chi connectivity index (χ1v) is 11.1. The van der Waals surface area contributed by atoms with Crippen molar-refractivity contribution in [1.29, 1.82) is 0 Å². The molecule has 0 radical (unpaired) electrons. The first-order valence-electron chi connectivity index (χ1n) is 9.32. The fourth-order valence-corrected chi connectivity index (χ4v) is 5.11. The van der Waals surface area contributed by atoms with Crippen molar-refractivity contribution in [3.63, 3.8) is 0 Å². The summed E-state index contributed by atoms with van der Waals surface area (Å²) in [6.45, 7) is 0.567. The maximum Gasteiger partial charge on any atom is 0.292 e. The third kappa shape index (κ3) is 4.18. The smallest absolute Gasteiger partial charge is 0.292 e. The number of aromatic nitrogens is 2. The van der Waals surface area contributed by atoms with E-state index in [1.165, 1.54) is 10.9 Å². The van der Waals surface area contributed by atoms with Crippen LogP contribution < -0.4 is 10.5 Å². The highest BCUT2D eigenvalue weighted by Crippen LogP contribution is 2.25. The molecule has 0 spiro atoms. The van der Waals surface area contributed by atoms with E-state index in [2.05, 4.69) is 5.10 Å². The predicted octanol–water partition coefficient (Wildman–Crippen LogP) is 2.68. The summed E-state index contributed by atoms with van der Waals surface area (Å²) in [5, 5.41) is 4.16. The zero-order valence-electron chi connectivity index (χ0n) is 16.1. The zero-order chi connectivity index (χ0) is 22.2. The molecule has 4 rings (SSSR count). The van der Waals surface area contributed by atoms with Crippen LogP contribution in [0, 0.1) is 11.6 Å².